The van der Waals surface area contributed by atoms with Gasteiger partial charge in [-0.05, 0) is 55.9 Å². The van der Waals surface area contributed by atoms with Gasteiger partial charge in [0.15, 0.2) is 0 Å². The van der Waals surface area contributed by atoms with Crippen LogP contribution in [0.15, 0.2) is 42.0 Å². The smallest absolute Gasteiger partial charge is 0.134 e. The van der Waals surface area contributed by atoms with Crippen molar-refractivity contribution in [1.82, 2.24) is 4.90 Å². The number of alkyl halides is 2. The van der Waals surface area contributed by atoms with E-state index in [-0.39, 0.29) is 23.9 Å². The van der Waals surface area contributed by atoms with Crippen molar-refractivity contribution in [2.75, 3.05) is 18.5 Å². The SMILES string of the molecule is C[C@@H]1CC2=C(Cc3ccccc32)[C@@H](c2c(F)cc(OCCBr)cc2F)N1CC(C)(C)F. The largest absolute Gasteiger partial charge is 0.493 e. The molecule has 0 radical (unpaired) electrons. The van der Waals surface area contributed by atoms with Crippen LogP contribution in [0.5, 0.6) is 5.75 Å². The van der Waals surface area contributed by atoms with E-state index >= 15 is 8.78 Å². The molecule has 4 rings (SSSR count). The van der Waals surface area contributed by atoms with Crippen LogP contribution in [-0.4, -0.2) is 35.1 Å². The third-order valence-corrected chi connectivity index (χ3v) is 6.39. The van der Waals surface area contributed by atoms with Gasteiger partial charge in [-0.1, -0.05) is 40.2 Å². The molecule has 2 aliphatic rings. The Morgan fingerprint density at radius 1 is 1.16 bits per heavy atom. The monoisotopic (exact) mass is 493 g/mol. The van der Waals surface area contributed by atoms with Crippen molar-refractivity contribution < 1.29 is 17.9 Å². The first-order valence-electron chi connectivity index (χ1n) is 10.6. The van der Waals surface area contributed by atoms with Gasteiger partial charge in [-0.15, -0.1) is 0 Å². The maximum atomic E-state index is 15.4. The Morgan fingerprint density at radius 2 is 1.84 bits per heavy atom. The van der Waals surface area contributed by atoms with Crippen molar-refractivity contribution in [2.24, 2.45) is 0 Å². The van der Waals surface area contributed by atoms with Crippen LogP contribution in [0.4, 0.5) is 13.2 Å². The summed E-state index contributed by atoms with van der Waals surface area (Å²) in [5.74, 6) is -1.16. The first-order chi connectivity index (χ1) is 14.7. The lowest BCUT2D eigenvalue weighted by molar-refractivity contribution is 0.0676. The van der Waals surface area contributed by atoms with Gasteiger partial charge in [0.25, 0.3) is 0 Å². The van der Waals surface area contributed by atoms with Crippen LogP contribution < -0.4 is 4.74 Å². The molecule has 0 fully saturated rings. The number of hydrogen-bond donors (Lipinski definition) is 0. The molecule has 0 aromatic heterocycles. The zero-order chi connectivity index (χ0) is 22.3. The Balaban J connectivity index is 1.84. The van der Waals surface area contributed by atoms with Gasteiger partial charge in [-0.3, -0.25) is 4.90 Å². The minimum absolute atomic E-state index is 0.0256. The Hall–Kier alpha value is -1.79. The average Bonchev–Trinajstić information content (AvgIpc) is 3.05. The van der Waals surface area contributed by atoms with E-state index in [1.165, 1.54) is 26.0 Å². The average molecular weight is 494 g/mol. The van der Waals surface area contributed by atoms with Gasteiger partial charge in [0.2, 0.25) is 0 Å². The molecule has 2 aromatic rings. The summed E-state index contributed by atoms with van der Waals surface area (Å²) in [6, 6.07) is 9.85. The Bertz CT molecular complexity index is 991. The molecule has 1 aliphatic heterocycles. The Kier molecular flexibility index (Phi) is 6.23. The van der Waals surface area contributed by atoms with Crippen molar-refractivity contribution in [3.63, 3.8) is 0 Å². The third kappa shape index (κ3) is 4.42. The summed E-state index contributed by atoms with van der Waals surface area (Å²) in [5.41, 5.74) is 2.88. The van der Waals surface area contributed by atoms with Gasteiger partial charge in [0, 0.05) is 35.6 Å². The van der Waals surface area contributed by atoms with Crippen LogP contribution in [0.25, 0.3) is 5.57 Å². The molecule has 2 aromatic carbocycles. The molecule has 0 saturated heterocycles. The van der Waals surface area contributed by atoms with Crippen LogP contribution in [-0.2, 0) is 6.42 Å². The maximum Gasteiger partial charge on any atom is 0.134 e. The van der Waals surface area contributed by atoms with Gasteiger partial charge in [-0.25, -0.2) is 13.2 Å². The maximum absolute atomic E-state index is 15.4. The van der Waals surface area contributed by atoms with Crippen LogP contribution >= 0.6 is 15.9 Å². The minimum atomic E-state index is -1.50. The number of benzene rings is 2. The topological polar surface area (TPSA) is 12.5 Å². The fourth-order valence-corrected chi connectivity index (χ4v) is 5.07. The second-order valence-electron chi connectivity index (χ2n) is 9.02. The molecular weight excluding hydrogens is 467 g/mol. The summed E-state index contributed by atoms with van der Waals surface area (Å²) in [7, 11) is 0. The fourth-order valence-electron chi connectivity index (χ4n) is 4.91. The highest BCUT2D eigenvalue weighted by Crippen LogP contribution is 2.50. The number of hydrogen-bond acceptors (Lipinski definition) is 2. The predicted molar refractivity (Wildman–Crippen MR) is 121 cm³/mol. The van der Waals surface area contributed by atoms with E-state index in [1.54, 1.807) is 0 Å². The van der Waals surface area contributed by atoms with E-state index in [9.17, 15) is 4.39 Å². The number of rotatable bonds is 6. The summed E-state index contributed by atoms with van der Waals surface area (Å²) < 4.78 is 50.9. The minimum Gasteiger partial charge on any atom is -0.493 e. The molecule has 0 bridgehead atoms. The summed E-state index contributed by atoms with van der Waals surface area (Å²) in [5, 5.41) is 0.562. The summed E-state index contributed by atoms with van der Waals surface area (Å²) in [6.07, 6.45) is 1.35. The molecule has 0 N–H and O–H groups in total. The lowest BCUT2D eigenvalue weighted by Gasteiger charge is -2.44. The number of ether oxygens (including phenoxy) is 1. The summed E-state index contributed by atoms with van der Waals surface area (Å²) in [6.45, 7) is 5.42. The van der Waals surface area contributed by atoms with E-state index in [0.29, 0.717) is 18.4 Å². The lowest BCUT2D eigenvalue weighted by atomic mass is 9.84. The molecule has 2 atom stereocenters. The second kappa shape index (κ2) is 8.62. The van der Waals surface area contributed by atoms with Crippen molar-refractivity contribution in [3.8, 4) is 5.75 Å². The van der Waals surface area contributed by atoms with Gasteiger partial charge in [-0.2, -0.15) is 0 Å². The van der Waals surface area contributed by atoms with E-state index in [4.69, 9.17) is 4.74 Å². The molecule has 0 spiro atoms. The zero-order valence-corrected chi connectivity index (χ0v) is 19.6. The zero-order valence-electron chi connectivity index (χ0n) is 18.0. The quantitative estimate of drug-likeness (QED) is 0.418. The molecule has 2 nitrogen and oxygen atoms in total. The van der Waals surface area contributed by atoms with Gasteiger partial charge < -0.3 is 4.74 Å². The van der Waals surface area contributed by atoms with Crippen molar-refractivity contribution in [2.45, 2.75) is 51.4 Å². The number of nitrogens with zero attached hydrogens (tertiary/aromatic N) is 1. The first-order valence-corrected chi connectivity index (χ1v) is 11.7. The van der Waals surface area contributed by atoms with Crippen LogP contribution in [0.2, 0.25) is 0 Å². The molecule has 6 heteroatoms. The standard InChI is InChI=1S/C25H27BrF3NO/c1-15-10-19-18-7-5-4-6-16(18)11-20(19)24(30(15)14-25(2,3)29)23-21(27)12-17(13-22(23)28)31-9-8-26/h4-7,12-13,15,24H,8-11,14H2,1-3H3/t15-,24+/m1/s1. The van der Waals surface area contributed by atoms with Crippen molar-refractivity contribution in [1.29, 1.82) is 0 Å². The molecule has 0 amide bonds. The highest BCUT2D eigenvalue weighted by atomic mass is 79.9. The van der Waals surface area contributed by atoms with Gasteiger partial charge in [0.1, 0.15) is 23.1 Å². The molecule has 0 saturated carbocycles. The van der Waals surface area contributed by atoms with E-state index in [1.807, 2.05) is 24.0 Å². The van der Waals surface area contributed by atoms with Crippen molar-refractivity contribution in [3.05, 3.63) is 70.3 Å². The number of fused-ring (bicyclic) bond motifs is 2. The normalized spacial score (nSPS) is 21.3. The van der Waals surface area contributed by atoms with Gasteiger partial charge >= 0.3 is 0 Å². The summed E-state index contributed by atoms with van der Waals surface area (Å²) >= 11 is 3.25. The highest BCUT2D eigenvalue weighted by molar-refractivity contribution is 9.09. The van der Waals surface area contributed by atoms with E-state index in [0.717, 1.165) is 28.7 Å². The molecular formula is C25H27BrF3NO. The highest BCUT2D eigenvalue weighted by Gasteiger charge is 2.42. The Labute approximate surface area is 190 Å². The summed E-state index contributed by atoms with van der Waals surface area (Å²) in [4.78, 5) is 1.92. The van der Waals surface area contributed by atoms with Gasteiger partial charge in [0.05, 0.1) is 12.6 Å². The molecule has 166 valence electrons. The lowest BCUT2D eigenvalue weighted by Crippen LogP contribution is -2.47. The third-order valence-electron chi connectivity index (χ3n) is 6.07. The van der Waals surface area contributed by atoms with E-state index < -0.39 is 23.3 Å². The number of halogens is 4. The molecule has 1 aliphatic carbocycles. The predicted octanol–water partition coefficient (Wildman–Crippen LogP) is 6.63. The fraction of sp³-hybridized carbons (Fsp3) is 0.440. The molecule has 1 heterocycles. The van der Waals surface area contributed by atoms with Crippen LogP contribution in [0.1, 0.15) is 49.9 Å². The molecule has 0 unspecified atom stereocenters. The van der Waals surface area contributed by atoms with Crippen LogP contribution in [0, 0.1) is 11.6 Å². The molecule has 31 heavy (non-hydrogen) atoms. The van der Waals surface area contributed by atoms with E-state index in [2.05, 4.69) is 28.1 Å². The Morgan fingerprint density at radius 3 is 2.48 bits per heavy atom. The first kappa shape index (κ1) is 22.4. The van der Waals surface area contributed by atoms with Crippen molar-refractivity contribution >= 4 is 21.5 Å². The van der Waals surface area contributed by atoms with Crippen LogP contribution in [0.3, 0.4) is 0 Å². The second-order valence-corrected chi connectivity index (χ2v) is 9.82.